The first-order chi connectivity index (χ1) is 6.84. The first-order valence-corrected chi connectivity index (χ1v) is 6.35. The Labute approximate surface area is 93.7 Å². The number of halogens is 1. The van der Waals surface area contributed by atoms with E-state index in [2.05, 4.69) is 10.3 Å². The van der Waals surface area contributed by atoms with Crippen molar-refractivity contribution >= 4 is 22.9 Å². The fourth-order valence-corrected chi connectivity index (χ4v) is 2.41. The molecule has 0 spiro atoms. The fraction of sp³-hybridized carbons (Fsp3) is 0.700. The summed E-state index contributed by atoms with van der Waals surface area (Å²) in [5.41, 5.74) is 0. The zero-order valence-electron chi connectivity index (χ0n) is 8.13. The SMILES string of the molecule is Clc1cnc(CNCCCC2CC2)s1. The van der Waals surface area contributed by atoms with E-state index in [1.54, 1.807) is 17.5 Å². The molecule has 1 heterocycles. The van der Waals surface area contributed by atoms with E-state index < -0.39 is 0 Å². The molecule has 2 nitrogen and oxygen atoms in total. The predicted octanol–water partition coefficient (Wildman–Crippen LogP) is 3.08. The molecule has 0 unspecified atom stereocenters. The third-order valence-electron chi connectivity index (χ3n) is 2.46. The van der Waals surface area contributed by atoms with Crippen LogP contribution in [0.25, 0.3) is 0 Å². The molecule has 14 heavy (non-hydrogen) atoms. The Balaban J connectivity index is 1.53. The Kier molecular flexibility index (Phi) is 3.79. The van der Waals surface area contributed by atoms with Crippen LogP contribution >= 0.6 is 22.9 Å². The van der Waals surface area contributed by atoms with E-state index in [4.69, 9.17) is 11.6 Å². The van der Waals surface area contributed by atoms with E-state index in [-0.39, 0.29) is 0 Å². The van der Waals surface area contributed by atoms with E-state index in [0.717, 1.165) is 28.4 Å². The molecule has 0 aliphatic heterocycles. The van der Waals surface area contributed by atoms with E-state index in [1.807, 2.05) is 0 Å². The van der Waals surface area contributed by atoms with Crippen LogP contribution in [0, 0.1) is 5.92 Å². The smallest absolute Gasteiger partial charge is 0.113 e. The van der Waals surface area contributed by atoms with Gasteiger partial charge in [0.1, 0.15) is 9.34 Å². The van der Waals surface area contributed by atoms with Crippen LogP contribution in [0.4, 0.5) is 0 Å². The van der Waals surface area contributed by atoms with Gasteiger partial charge in [-0.3, -0.25) is 0 Å². The highest BCUT2D eigenvalue weighted by Gasteiger charge is 2.19. The molecule has 1 aliphatic carbocycles. The zero-order valence-corrected chi connectivity index (χ0v) is 9.70. The van der Waals surface area contributed by atoms with Crippen LogP contribution in [0.2, 0.25) is 4.34 Å². The first kappa shape index (κ1) is 10.4. The van der Waals surface area contributed by atoms with Crippen molar-refractivity contribution in [3.8, 4) is 0 Å². The molecule has 1 aromatic rings. The summed E-state index contributed by atoms with van der Waals surface area (Å²) < 4.78 is 0.778. The molecule has 1 N–H and O–H groups in total. The largest absolute Gasteiger partial charge is 0.310 e. The van der Waals surface area contributed by atoms with Crippen molar-refractivity contribution in [3.05, 3.63) is 15.5 Å². The van der Waals surface area contributed by atoms with Crippen molar-refractivity contribution < 1.29 is 0 Å². The third kappa shape index (κ3) is 3.56. The van der Waals surface area contributed by atoms with Crippen molar-refractivity contribution in [1.82, 2.24) is 10.3 Å². The van der Waals surface area contributed by atoms with E-state index in [1.165, 1.54) is 25.7 Å². The normalized spacial score (nSPS) is 16.1. The lowest BCUT2D eigenvalue weighted by Gasteiger charge is -2.00. The van der Waals surface area contributed by atoms with E-state index in [9.17, 15) is 0 Å². The van der Waals surface area contributed by atoms with Gasteiger partial charge in [0.2, 0.25) is 0 Å². The van der Waals surface area contributed by atoms with Crippen LogP contribution in [-0.2, 0) is 6.54 Å². The summed E-state index contributed by atoms with van der Waals surface area (Å²) in [5.74, 6) is 1.05. The maximum absolute atomic E-state index is 5.78. The van der Waals surface area contributed by atoms with Gasteiger partial charge in [-0.25, -0.2) is 4.98 Å². The number of hydrogen-bond acceptors (Lipinski definition) is 3. The molecule has 1 fully saturated rings. The van der Waals surface area contributed by atoms with Gasteiger partial charge in [0.15, 0.2) is 0 Å². The summed E-state index contributed by atoms with van der Waals surface area (Å²) in [6.07, 6.45) is 7.33. The molecule has 0 atom stereocenters. The van der Waals surface area contributed by atoms with Gasteiger partial charge < -0.3 is 5.32 Å². The van der Waals surface area contributed by atoms with Gasteiger partial charge >= 0.3 is 0 Å². The second-order valence-corrected chi connectivity index (χ2v) is 5.57. The first-order valence-electron chi connectivity index (χ1n) is 5.15. The van der Waals surface area contributed by atoms with Gasteiger partial charge in [-0.2, -0.15) is 0 Å². The van der Waals surface area contributed by atoms with Crippen molar-refractivity contribution in [1.29, 1.82) is 0 Å². The number of nitrogens with one attached hydrogen (secondary N) is 1. The maximum Gasteiger partial charge on any atom is 0.113 e. The van der Waals surface area contributed by atoms with Crippen LogP contribution in [-0.4, -0.2) is 11.5 Å². The Morgan fingerprint density at radius 3 is 3.07 bits per heavy atom. The highest BCUT2D eigenvalue weighted by atomic mass is 35.5. The second kappa shape index (κ2) is 5.10. The summed E-state index contributed by atoms with van der Waals surface area (Å²) in [4.78, 5) is 4.18. The number of nitrogens with zero attached hydrogens (tertiary/aromatic N) is 1. The second-order valence-electron chi connectivity index (χ2n) is 3.82. The van der Waals surface area contributed by atoms with Crippen LogP contribution in [0.3, 0.4) is 0 Å². The Morgan fingerprint density at radius 1 is 1.57 bits per heavy atom. The monoisotopic (exact) mass is 230 g/mol. The molecular weight excluding hydrogens is 216 g/mol. The van der Waals surface area contributed by atoms with E-state index in [0.29, 0.717) is 0 Å². The molecule has 2 rings (SSSR count). The molecule has 0 radical (unpaired) electrons. The lowest BCUT2D eigenvalue weighted by atomic mass is 10.2. The Hall–Kier alpha value is -0.120. The number of rotatable bonds is 6. The molecule has 0 saturated heterocycles. The zero-order chi connectivity index (χ0) is 9.80. The lowest BCUT2D eigenvalue weighted by molar-refractivity contribution is 0.593. The van der Waals surface area contributed by atoms with Crippen molar-refractivity contribution in [2.24, 2.45) is 5.92 Å². The maximum atomic E-state index is 5.78. The van der Waals surface area contributed by atoms with Crippen LogP contribution in [0.5, 0.6) is 0 Å². The Bertz CT molecular complexity index is 283. The summed E-state index contributed by atoms with van der Waals surface area (Å²) in [5, 5.41) is 4.47. The molecule has 1 aliphatic rings. The third-order valence-corrected chi connectivity index (χ3v) is 3.58. The van der Waals surface area contributed by atoms with Crippen molar-refractivity contribution in [3.63, 3.8) is 0 Å². The number of thiazole rings is 1. The molecule has 78 valence electrons. The van der Waals surface area contributed by atoms with Gasteiger partial charge in [0.05, 0.1) is 6.20 Å². The van der Waals surface area contributed by atoms with Crippen LogP contribution < -0.4 is 5.32 Å². The topological polar surface area (TPSA) is 24.9 Å². The summed E-state index contributed by atoms with van der Waals surface area (Å²) in [7, 11) is 0. The summed E-state index contributed by atoms with van der Waals surface area (Å²) in [6.45, 7) is 1.97. The predicted molar refractivity (Wildman–Crippen MR) is 60.8 cm³/mol. The molecule has 1 aromatic heterocycles. The molecule has 4 heteroatoms. The number of aromatic nitrogens is 1. The fourth-order valence-electron chi connectivity index (χ4n) is 1.49. The quantitative estimate of drug-likeness (QED) is 0.760. The van der Waals surface area contributed by atoms with Gasteiger partial charge in [-0.05, 0) is 25.3 Å². The average Bonchev–Trinajstić information content (AvgIpc) is 2.89. The number of hydrogen-bond donors (Lipinski definition) is 1. The van der Waals surface area contributed by atoms with Crippen molar-refractivity contribution in [2.75, 3.05) is 6.54 Å². The highest BCUT2D eigenvalue weighted by Crippen LogP contribution is 2.33. The van der Waals surface area contributed by atoms with Crippen molar-refractivity contribution in [2.45, 2.75) is 32.2 Å². The van der Waals surface area contributed by atoms with Gasteiger partial charge in [-0.15, -0.1) is 11.3 Å². The molecule has 0 aromatic carbocycles. The lowest BCUT2D eigenvalue weighted by Crippen LogP contribution is -2.14. The minimum atomic E-state index is 0.778. The highest BCUT2D eigenvalue weighted by molar-refractivity contribution is 7.15. The molecular formula is C10H15ClN2S. The molecule has 0 bridgehead atoms. The van der Waals surface area contributed by atoms with Gasteiger partial charge in [-0.1, -0.05) is 24.4 Å². The minimum absolute atomic E-state index is 0.778. The van der Waals surface area contributed by atoms with Gasteiger partial charge in [0.25, 0.3) is 0 Å². The summed E-state index contributed by atoms with van der Waals surface area (Å²) >= 11 is 7.33. The van der Waals surface area contributed by atoms with E-state index >= 15 is 0 Å². The van der Waals surface area contributed by atoms with Gasteiger partial charge in [0, 0.05) is 6.54 Å². The standard InChI is InChI=1S/C10H15ClN2S/c11-9-6-13-10(14-9)7-12-5-1-2-8-3-4-8/h6,8,12H,1-5,7H2. The minimum Gasteiger partial charge on any atom is -0.310 e. The molecule has 1 saturated carbocycles. The van der Waals surface area contributed by atoms with Crippen LogP contribution in [0.1, 0.15) is 30.7 Å². The Morgan fingerprint density at radius 2 is 2.43 bits per heavy atom. The summed E-state index contributed by atoms with van der Waals surface area (Å²) in [6, 6.07) is 0. The molecule has 0 amide bonds. The van der Waals surface area contributed by atoms with Crippen LogP contribution in [0.15, 0.2) is 6.20 Å². The average molecular weight is 231 g/mol.